The third kappa shape index (κ3) is 5.34. The van der Waals surface area contributed by atoms with Gasteiger partial charge in [0.15, 0.2) is 0 Å². The molecule has 1 fully saturated rings. The fraction of sp³-hybridized carbons (Fsp3) is 0.562. The number of hydrogen-bond acceptors (Lipinski definition) is 3. The average molecular weight is 348 g/mol. The van der Waals surface area contributed by atoms with Gasteiger partial charge in [-0.2, -0.15) is 0 Å². The number of carbonyl (C=O) groups is 1. The van der Waals surface area contributed by atoms with Crippen LogP contribution in [0.3, 0.4) is 0 Å². The minimum atomic E-state index is 0. The van der Waals surface area contributed by atoms with E-state index in [-0.39, 0.29) is 30.7 Å². The number of carbonyl (C=O) groups excluding carboxylic acids is 1. The molecule has 2 unspecified atom stereocenters. The summed E-state index contributed by atoms with van der Waals surface area (Å²) in [5, 5.41) is 0. The van der Waals surface area contributed by atoms with E-state index >= 15 is 0 Å². The lowest BCUT2D eigenvalue weighted by atomic mass is 9.97. The normalized spacial score (nSPS) is 21.4. The highest BCUT2D eigenvalue weighted by atomic mass is 35.5. The second kappa shape index (κ2) is 9.23. The molecular weight excluding hydrogens is 321 g/mol. The number of likely N-dealkylation sites (tertiary alicyclic amines) is 1. The Balaban J connectivity index is 0.00000220. The van der Waals surface area contributed by atoms with E-state index in [1.54, 1.807) is 0 Å². The van der Waals surface area contributed by atoms with Crippen LogP contribution in [0.4, 0.5) is 5.69 Å². The Morgan fingerprint density at radius 3 is 2.45 bits per heavy atom. The van der Waals surface area contributed by atoms with Crippen molar-refractivity contribution in [2.75, 3.05) is 26.4 Å². The van der Waals surface area contributed by atoms with Crippen LogP contribution < -0.4 is 5.73 Å². The number of benzene rings is 1. The molecule has 1 heterocycles. The van der Waals surface area contributed by atoms with Gasteiger partial charge in [0.1, 0.15) is 0 Å². The van der Waals surface area contributed by atoms with E-state index in [9.17, 15) is 4.79 Å². The first kappa shape index (κ1) is 21.0. The van der Waals surface area contributed by atoms with Crippen molar-refractivity contribution in [1.29, 1.82) is 0 Å². The maximum atomic E-state index is 12.4. The fourth-order valence-electron chi connectivity index (χ4n) is 2.75. The van der Waals surface area contributed by atoms with E-state index in [1.165, 1.54) is 0 Å². The Kier molecular flexibility index (Phi) is 8.83. The number of likely N-dealkylation sites (N-methyl/N-ethyl adjacent to an activating group) is 1. The molecule has 126 valence electrons. The topological polar surface area (TPSA) is 49.6 Å². The summed E-state index contributed by atoms with van der Waals surface area (Å²) in [5.74, 6) is 0.191. The standard InChI is InChI=1S/C16H25N3O.2ClH/c1-12-10-15(8-9-18(12)2)19(3)16(20)11-13-4-6-14(17)7-5-13;;/h4-7,12,15H,8-11,17H2,1-3H3;2*1H. The quantitative estimate of drug-likeness (QED) is 0.855. The zero-order valence-corrected chi connectivity index (χ0v) is 15.1. The summed E-state index contributed by atoms with van der Waals surface area (Å²) in [7, 11) is 4.08. The van der Waals surface area contributed by atoms with Gasteiger partial charge in [0.05, 0.1) is 6.42 Å². The summed E-state index contributed by atoms with van der Waals surface area (Å²) in [6.07, 6.45) is 2.57. The number of anilines is 1. The van der Waals surface area contributed by atoms with Crippen LogP contribution in [0.15, 0.2) is 24.3 Å². The second-order valence-corrected chi connectivity index (χ2v) is 5.93. The van der Waals surface area contributed by atoms with Gasteiger partial charge in [0, 0.05) is 31.4 Å². The highest BCUT2D eigenvalue weighted by Gasteiger charge is 2.27. The van der Waals surface area contributed by atoms with Crippen molar-refractivity contribution in [3.05, 3.63) is 29.8 Å². The van der Waals surface area contributed by atoms with Gasteiger partial charge in [-0.05, 0) is 44.5 Å². The van der Waals surface area contributed by atoms with Gasteiger partial charge in [-0.15, -0.1) is 24.8 Å². The maximum absolute atomic E-state index is 12.4. The smallest absolute Gasteiger partial charge is 0.226 e. The summed E-state index contributed by atoms with van der Waals surface area (Å²) in [5.41, 5.74) is 7.42. The first-order valence-electron chi connectivity index (χ1n) is 7.27. The molecule has 1 amide bonds. The molecule has 2 rings (SSSR count). The van der Waals surface area contributed by atoms with Gasteiger partial charge in [-0.3, -0.25) is 4.79 Å². The van der Waals surface area contributed by atoms with Crippen LogP contribution in [0, 0.1) is 0 Å². The third-order valence-corrected chi connectivity index (χ3v) is 4.46. The second-order valence-electron chi connectivity index (χ2n) is 5.93. The minimum absolute atomic E-state index is 0. The lowest BCUT2D eigenvalue weighted by Gasteiger charge is -2.39. The summed E-state index contributed by atoms with van der Waals surface area (Å²) in [6, 6.07) is 8.46. The van der Waals surface area contributed by atoms with Crippen LogP contribution in [0.25, 0.3) is 0 Å². The molecule has 0 spiro atoms. The SMILES string of the molecule is CC1CC(N(C)C(=O)Cc2ccc(N)cc2)CCN1C.Cl.Cl. The van der Waals surface area contributed by atoms with Gasteiger partial charge in [0.2, 0.25) is 5.91 Å². The molecule has 0 saturated carbocycles. The van der Waals surface area contributed by atoms with E-state index < -0.39 is 0 Å². The minimum Gasteiger partial charge on any atom is -0.399 e. The number of nitrogens with two attached hydrogens (primary N) is 1. The van der Waals surface area contributed by atoms with E-state index in [1.807, 2.05) is 36.2 Å². The third-order valence-electron chi connectivity index (χ3n) is 4.46. The van der Waals surface area contributed by atoms with Crippen molar-refractivity contribution in [3.8, 4) is 0 Å². The van der Waals surface area contributed by atoms with Gasteiger partial charge in [-0.1, -0.05) is 12.1 Å². The number of nitrogen functional groups attached to an aromatic ring is 1. The van der Waals surface area contributed by atoms with E-state index in [0.717, 1.165) is 30.6 Å². The summed E-state index contributed by atoms with van der Waals surface area (Å²) in [6.45, 7) is 3.29. The van der Waals surface area contributed by atoms with Crippen molar-refractivity contribution < 1.29 is 4.79 Å². The molecule has 2 N–H and O–H groups in total. The molecule has 1 aliphatic heterocycles. The van der Waals surface area contributed by atoms with Crippen LogP contribution in [-0.4, -0.2) is 48.4 Å². The van der Waals surface area contributed by atoms with Crippen molar-refractivity contribution >= 4 is 36.4 Å². The Morgan fingerprint density at radius 1 is 1.32 bits per heavy atom. The molecule has 1 aromatic rings. The Labute approximate surface area is 145 Å². The van der Waals surface area contributed by atoms with Crippen molar-refractivity contribution in [1.82, 2.24) is 9.80 Å². The highest BCUT2D eigenvalue weighted by molar-refractivity contribution is 5.85. The molecule has 22 heavy (non-hydrogen) atoms. The number of piperidine rings is 1. The fourth-order valence-corrected chi connectivity index (χ4v) is 2.75. The van der Waals surface area contributed by atoms with Crippen LogP contribution in [0.5, 0.6) is 0 Å². The van der Waals surface area contributed by atoms with Crippen LogP contribution in [0.1, 0.15) is 25.3 Å². The predicted octanol–water partition coefficient (Wildman–Crippen LogP) is 2.60. The maximum Gasteiger partial charge on any atom is 0.226 e. The summed E-state index contributed by atoms with van der Waals surface area (Å²) in [4.78, 5) is 16.7. The van der Waals surface area contributed by atoms with Gasteiger partial charge < -0.3 is 15.5 Å². The predicted molar refractivity (Wildman–Crippen MR) is 96.9 cm³/mol. The van der Waals surface area contributed by atoms with Crippen molar-refractivity contribution in [2.24, 2.45) is 0 Å². The van der Waals surface area contributed by atoms with Crippen molar-refractivity contribution in [3.63, 3.8) is 0 Å². The average Bonchev–Trinajstić information content (AvgIpc) is 2.43. The van der Waals surface area contributed by atoms with Gasteiger partial charge >= 0.3 is 0 Å². The van der Waals surface area contributed by atoms with Crippen LogP contribution >= 0.6 is 24.8 Å². The largest absolute Gasteiger partial charge is 0.399 e. The molecule has 1 aliphatic rings. The molecule has 1 saturated heterocycles. The number of rotatable bonds is 3. The molecule has 0 radical (unpaired) electrons. The van der Waals surface area contributed by atoms with Crippen molar-refractivity contribution in [2.45, 2.75) is 38.3 Å². The Bertz CT molecular complexity index is 467. The lowest BCUT2D eigenvalue weighted by Crippen LogP contribution is -2.48. The van der Waals surface area contributed by atoms with Gasteiger partial charge in [-0.25, -0.2) is 0 Å². The Morgan fingerprint density at radius 2 is 1.91 bits per heavy atom. The molecular formula is C16H27Cl2N3O. The Hall–Kier alpha value is -0.970. The molecule has 0 aliphatic carbocycles. The van der Waals surface area contributed by atoms with E-state index in [2.05, 4.69) is 18.9 Å². The first-order chi connectivity index (χ1) is 9.47. The number of hydrogen-bond donors (Lipinski definition) is 1. The van der Waals surface area contributed by atoms with E-state index in [4.69, 9.17) is 5.73 Å². The number of nitrogens with zero attached hydrogens (tertiary/aromatic N) is 2. The molecule has 1 aromatic carbocycles. The zero-order chi connectivity index (χ0) is 14.7. The monoisotopic (exact) mass is 347 g/mol. The number of amides is 1. The molecule has 4 nitrogen and oxygen atoms in total. The molecule has 0 bridgehead atoms. The van der Waals surface area contributed by atoms with Crippen LogP contribution in [-0.2, 0) is 11.2 Å². The van der Waals surface area contributed by atoms with Gasteiger partial charge in [0.25, 0.3) is 0 Å². The number of halogens is 2. The molecule has 6 heteroatoms. The zero-order valence-electron chi connectivity index (χ0n) is 13.5. The molecule has 2 atom stereocenters. The first-order valence-corrected chi connectivity index (χ1v) is 7.27. The van der Waals surface area contributed by atoms with Crippen LogP contribution in [0.2, 0.25) is 0 Å². The summed E-state index contributed by atoms with van der Waals surface area (Å²) < 4.78 is 0. The van der Waals surface area contributed by atoms with E-state index in [0.29, 0.717) is 18.5 Å². The summed E-state index contributed by atoms with van der Waals surface area (Å²) >= 11 is 0. The highest BCUT2D eigenvalue weighted by Crippen LogP contribution is 2.20. The lowest BCUT2D eigenvalue weighted by molar-refractivity contribution is -0.132. The molecule has 0 aromatic heterocycles.